The van der Waals surface area contributed by atoms with Crippen molar-refractivity contribution in [1.82, 2.24) is 19.8 Å². The molecule has 16 nitrogen and oxygen atoms in total. The minimum absolute atomic E-state index is 0.0856. The molecule has 5 N–H and O–H groups in total. The van der Waals surface area contributed by atoms with Crippen LogP contribution in [0.5, 0.6) is 0 Å². The zero-order valence-corrected chi connectivity index (χ0v) is 33.2. The van der Waals surface area contributed by atoms with Crippen molar-refractivity contribution >= 4 is 36.8 Å². The Morgan fingerprint density at radius 2 is 1.51 bits per heavy atom. The average Bonchev–Trinajstić information content (AvgIpc) is 3.65. The first-order chi connectivity index (χ1) is 24.9. The van der Waals surface area contributed by atoms with Gasteiger partial charge in [-0.2, -0.15) is 10.4 Å². The van der Waals surface area contributed by atoms with Crippen LogP contribution in [0.25, 0.3) is 5.52 Å². The lowest BCUT2D eigenvalue weighted by molar-refractivity contribution is -0.168. The summed E-state index contributed by atoms with van der Waals surface area (Å²) in [4.78, 5) is 39.1. The number of nitriles is 1. The Kier molecular flexibility index (Phi) is 15.4. The van der Waals surface area contributed by atoms with Crippen LogP contribution in [0.2, 0.25) is 0 Å². The molecule has 3 rings (SSSR count). The molecular formula is C36H57N6O10P. The maximum Gasteiger partial charge on any atom is 0.342 e. The number of hydrogen-bond acceptors (Lipinski definition) is 13. The number of ether oxygens (including phenoxy) is 4. The number of nitrogen functional groups attached to an aromatic ring is 1. The summed E-state index contributed by atoms with van der Waals surface area (Å²) in [7, 11) is -4.41. The van der Waals surface area contributed by atoms with Gasteiger partial charge in [-0.15, -0.1) is 0 Å². The minimum atomic E-state index is -4.41. The van der Waals surface area contributed by atoms with Gasteiger partial charge in [0, 0.05) is 6.20 Å². The van der Waals surface area contributed by atoms with Crippen LogP contribution in [0.4, 0.5) is 5.69 Å². The monoisotopic (exact) mass is 764 g/mol. The Balaban J connectivity index is 1.99. The van der Waals surface area contributed by atoms with E-state index in [1.54, 1.807) is 26.0 Å². The molecule has 1 fully saturated rings. The van der Waals surface area contributed by atoms with Crippen LogP contribution in [0.3, 0.4) is 0 Å². The number of hydrogen-bond donors (Lipinski definition) is 4. The van der Waals surface area contributed by atoms with Crippen LogP contribution in [-0.2, 0) is 48.0 Å². The number of carbonyl (C=O) groups excluding carboxylic acids is 3. The summed E-state index contributed by atoms with van der Waals surface area (Å²) in [6, 6.07) is 4.38. The third-order valence-corrected chi connectivity index (χ3v) is 11.8. The Morgan fingerprint density at radius 1 is 0.981 bits per heavy atom. The minimum Gasteiger partial charge on any atom is -0.464 e. The van der Waals surface area contributed by atoms with Crippen LogP contribution in [0, 0.1) is 29.1 Å². The first kappa shape index (κ1) is 43.8. The van der Waals surface area contributed by atoms with Crippen molar-refractivity contribution in [1.29, 1.82) is 5.26 Å². The fourth-order valence-corrected chi connectivity index (χ4v) is 7.78. The second-order valence-corrected chi connectivity index (χ2v) is 16.0. The van der Waals surface area contributed by atoms with Crippen molar-refractivity contribution in [2.45, 2.75) is 123 Å². The molecule has 0 radical (unpaired) electrons. The zero-order valence-electron chi connectivity index (χ0n) is 32.3. The van der Waals surface area contributed by atoms with Crippen molar-refractivity contribution in [3.63, 3.8) is 0 Å². The molecule has 0 aliphatic carbocycles. The van der Waals surface area contributed by atoms with E-state index in [1.807, 2.05) is 27.7 Å². The average molecular weight is 765 g/mol. The van der Waals surface area contributed by atoms with Gasteiger partial charge < -0.3 is 34.3 Å². The predicted octanol–water partition coefficient (Wildman–Crippen LogP) is 4.39. The van der Waals surface area contributed by atoms with E-state index in [4.69, 9.17) is 29.2 Å². The lowest BCUT2D eigenvalue weighted by Gasteiger charge is -2.34. The highest BCUT2D eigenvalue weighted by Gasteiger charge is 2.67. The number of rotatable bonds is 20. The number of anilines is 1. The number of fused-ring (bicyclic) bond motifs is 1. The van der Waals surface area contributed by atoms with Crippen molar-refractivity contribution in [2.75, 3.05) is 25.6 Å². The number of nitrogens with two attached hydrogens (primary N) is 1. The summed E-state index contributed by atoms with van der Waals surface area (Å²) in [5.41, 5.74) is 2.56. The van der Waals surface area contributed by atoms with E-state index in [9.17, 15) is 29.3 Å². The van der Waals surface area contributed by atoms with E-state index in [0.29, 0.717) is 11.2 Å². The molecule has 0 saturated carbocycles. The van der Waals surface area contributed by atoms with Gasteiger partial charge in [-0.1, -0.05) is 67.2 Å². The van der Waals surface area contributed by atoms with Gasteiger partial charge in [0.1, 0.15) is 29.9 Å². The molecule has 1 aliphatic rings. The maximum absolute atomic E-state index is 14.6. The molecule has 2 aromatic rings. The molecular weight excluding hydrogens is 707 g/mol. The molecule has 17 heteroatoms. The van der Waals surface area contributed by atoms with Gasteiger partial charge in [-0.3, -0.25) is 18.9 Å². The van der Waals surface area contributed by atoms with E-state index in [1.165, 1.54) is 37.5 Å². The molecule has 0 spiro atoms. The van der Waals surface area contributed by atoms with Crippen LogP contribution >= 0.6 is 7.67 Å². The molecule has 0 unspecified atom stereocenters. The van der Waals surface area contributed by atoms with Crippen LogP contribution in [0.15, 0.2) is 24.4 Å². The lowest BCUT2D eigenvalue weighted by Crippen LogP contribution is -2.54. The standard InChI is InChI=1S/C36H57N6O10P/c1-10-25(11-2)18-48-33(44)23(7)40-53(47,41-24(8)34(45)49-19-26(12-3)13-4)50-20-29-31(51-32(43)22(5)6)35(9,46)36(21-37,52-29)30-15-14-28-27(38)16-17-39-42(28)30/h14-17,22-26,29,31,46H,10-13,18-20,38H2,1-9H3,(H2,40,41,47)/t23-,24-,29+,31+,35+,36-/m0/s1. The first-order valence-electron chi connectivity index (χ1n) is 18.3. The number of nitrogens with zero attached hydrogens (tertiary/aromatic N) is 3. The van der Waals surface area contributed by atoms with Gasteiger partial charge >= 0.3 is 25.6 Å². The molecule has 0 amide bonds. The van der Waals surface area contributed by atoms with Gasteiger partial charge in [-0.05, 0) is 50.8 Å². The van der Waals surface area contributed by atoms with E-state index >= 15 is 0 Å². The predicted molar refractivity (Wildman–Crippen MR) is 196 cm³/mol. The molecule has 3 heterocycles. The topological polar surface area (TPSA) is 226 Å². The Morgan fingerprint density at radius 3 is 1.98 bits per heavy atom. The number of nitrogens with one attached hydrogen (secondary N) is 2. The van der Waals surface area contributed by atoms with Gasteiger partial charge in [0.15, 0.2) is 6.10 Å². The van der Waals surface area contributed by atoms with Gasteiger partial charge in [-0.25, -0.2) is 14.7 Å². The number of esters is 3. The fraction of sp³-hybridized carbons (Fsp3) is 0.694. The Hall–Kier alpha value is -3.58. The maximum atomic E-state index is 14.6. The quantitative estimate of drug-likeness (QED) is 0.0833. The van der Waals surface area contributed by atoms with Gasteiger partial charge in [0.2, 0.25) is 5.60 Å². The summed E-state index contributed by atoms with van der Waals surface area (Å²) in [5, 5.41) is 32.5. The molecule has 6 atom stereocenters. The highest BCUT2D eigenvalue weighted by molar-refractivity contribution is 7.54. The van der Waals surface area contributed by atoms with Gasteiger partial charge in [0.05, 0.1) is 42.6 Å². The van der Waals surface area contributed by atoms with E-state index in [2.05, 4.69) is 21.3 Å². The molecule has 2 aromatic heterocycles. The molecule has 296 valence electrons. The molecule has 0 aromatic carbocycles. The third kappa shape index (κ3) is 9.95. The number of aromatic nitrogens is 2. The second kappa shape index (κ2) is 18.6. The van der Waals surface area contributed by atoms with E-state index in [0.717, 1.165) is 25.7 Å². The summed E-state index contributed by atoms with van der Waals surface area (Å²) < 4.78 is 44.9. The summed E-state index contributed by atoms with van der Waals surface area (Å²) in [6.45, 7) is 15.0. The number of aliphatic hydroxyl groups is 1. The highest BCUT2D eigenvalue weighted by Crippen LogP contribution is 2.50. The van der Waals surface area contributed by atoms with Crippen molar-refractivity contribution in [3.8, 4) is 6.07 Å². The fourth-order valence-electron chi connectivity index (χ4n) is 5.97. The molecule has 1 saturated heterocycles. The van der Waals surface area contributed by atoms with Crippen molar-refractivity contribution in [3.05, 3.63) is 30.1 Å². The summed E-state index contributed by atoms with van der Waals surface area (Å²) >= 11 is 0. The van der Waals surface area contributed by atoms with Gasteiger partial charge in [0.25, 0.3) is 0 Å². The van der Waals surface area contributed by atoms with E-state index < -0.39 is 73.6 Å². The zero-order chi connectivity index (χ0) is 39.7. The van der Waals surface area contributed by atoms with Crippen molar-refractivity contribution < 1.29 is 47.5 Å². The van der Waals surface area contributed by atoms with Crippen molar-refractivity contribution in [2.24, 2.45) is 17.8 Å². The highest BCUT2D eigenvalue weighted by atomic mass is 31.2. The Labute approximate surface area is 311 Å². The smallest absolute Gasteiger partial charge is 0.342 e. The second-order valence-electron chi connectivity index (χ2n) is 14.1. The first-order valence-corrected chi connectivity index (χ1v) is 19.9. The third-order valence-electron chi connectivity index (χ3n) is 9.84. The molecule has 1 aliphatic heterocycles. The van der Waals surface area contributed by atoms with E-state index in [-0.39, 0.29) is 30.7 Å². The SMILES string of the molecule is CCC(CC)COC(=O)[C@H](C)NP(=O)(N[C@@H](C)C(=O)OCC(CC)CC)OC[C@H]1O[C@@](C#N)(c2ccc3c(N)ccnn23)[C@](C)(O)[C@@H]1OC(=O)C(C)C. The summed E-state index contributed by atoms with van der Waals surface area (Å²) in [5.74, 6) is -2.47. The summed E-state index contributed by atoms with van der Waals surface area (Å²) in [6.07, 6.45) is 1.65. The number of carbonyl (C=O) groups is 3. The van der Waals surface area contributed by atoms with Crippen LogP contribution < -0.4 is 15.9 Å². The molecule has 53 heavy (non-hydrogen) atoms. The lowest BCUT2D eigenvalue weighted by atomic mass is 9.80. The van der Waals surface area contributed by atoms with Crippen LogP contribution in [-0.4, -0.2) is 82.3 Å². The van der Waals surface area contributed by atoms with Crippen LogP contribution in [0.1, 0.15) is 93.7 Å². The largest absolute Gasteiger partial charge is 0.464 e. The molecule has 0 bridgehead atoms. The Bertz CT molecular complexity index is 1610. The normalized spacial score (nSPS) is 22.9.